The van der Waals surface area contributed by atoms with Crippen LogP contribution in [0.5, 0.6) is 0 Å². The van der Waals surface area contributed by atoms with Crippen LogP contribution in [0.4, 0.5) is 0 Å². The molecule has 0 bridgehead atoms. The maximum absolute atomic E-state index is 12.7. The first-order chi connectivity index (χ1) is 9.77. The number of sulfonamides is 1. The summed E-state index contributed by atoms with van der Waals surface area (Å²) < 4.78 is 34.0. The molecule has 1 aromatic carbocycles. The lowest BCUT2D eigenvalue weighted by Crippen LogP contribution is -2.49. The van der Waals surface area contributed by atoms with Gasteiger partial charge in [-0.15, -0.1) is 0 Å². The van der Waals surface area contributed by atoms with E-state index < -0.39 is 15.6 Å². The normalized spacial score (nSPS) is 18.7. The fourth-order valence-electron chi connectivity index (χ4n) is 2.40. The number of benzene rings is 1. The molecule has 0 atom stereocenters. The molecule has 0 radical (unpaired) electrons. The van der Waals surface area contributed by atoms with E-state index in [1.807, 2.05) is 6.92 Å². The van der Waals surface area contributed by atoms with Crippen molar-refractivity contribution in [2.45, 2.75) is 43.7 Å². The van der Waals surface area contributed by atoms with E-state index in [1.54, 1.807) is 13.0 Å². The Balaban J connectivity index is 2.37. The first-order valence-electron chi connectivity index (χ1n) is 6.79. The van der Waals surface area contributed by atoms with Crippen LogP contribution in [0, 0.1) is 6.92 Å². The zero-order valence-corrected chi connectivity index (χ0v) is 14.6. The summed E-state index contributed by atoms with van der Waals surface area (Å²) >= 11 is 3.34. The van der Waals surface area contributed by atoms with Crippen molar-refractivity contribution in [3.63, 3.8) is 0 Å². The van der Waals surface area contributed by atoms with Crippen LogP contribution in [-0.4, -0.2) is 32.3 Å². The standard InChI is InChI=1S/C14H20BrNO4S/c1-10-7-11(9-17)8-12(13(10)15)21(18,19)16-14(2)3-5-20-6-4-14/h7-8,16-17H,3-6,9H2,1-2H3. The quantitative estimate of drug-likeness (QED) is 0.842. The number of aryl methyl sites for hydroxylation is 1. The molecular formula is C14H20BrNO4S. The molecule has 5 nitrogen and oxygen atoms in total. The van der Waals surface area contributed by atoms with E-state index in [0.29, 0.717) is 36.1 Å². The summed E-state index contributed by atoms with van der Waals surface area (Å²) in [5.41, 5.74) is 0.854. The predicted octanol–water partition coefficient (Wildman–Crippen LogP) is 2.10. The highest BCUT2D eigenvalue weighted by Gasteiger charge is 2.33. The second kappa shape index (κ2) is 6.34. The van der Waals surface area contributed by atoms with Gasteiger partial charge in [-0.1, -0.05) is 6.07 Å². The van der Waals surface area contributed by atoms with Crippen molar-refractivity contribution in [1.82, 2.24) is 4.72 Å². The first kappa shape index (κ1) is 16.9. The SMILES string of the molecule is Cc1cc(CO)cc(S(=O)(=O)NC2(C)CCOCC2)c1Br. The summed E-state index contributed by atoms with van der Waals surface area (Å²) in [5, 5.41) is 9.27. The Morgan fingerprint density at radius 2 is 2.00 bits per heavy atom. The van der Waals surface area contributed by atoms with Crippen LogP contribution in [0.25, 0.3) is 0 Å². The Kier molecular flexibility index (Phi) is 5.10. The van der Waals surface area contributed by atoms with Gasteiger partial charge in [0.2, 0.25) is 10.0 Å². The Morgan fingerprint density at radius 1 is 1.38 bits per heavy atom. The molecule has 0 spiro atoms. The average Bonchev–Trinajstić information content (AvgIpc) is 2.41. The fraction of sp³-hybridized carbons (Fsp3) is 0.571. The van der Waals surface area contributed by atoms with Crippen molar-refractivity contribution in [3.05, 3.63) is 27.7 Å². The topological polar surface area (TPSA) is 75.6 Å². The second-order valence-corrected chi connectivity index (χ2v) is 8.11. The van der Waals surface area contributed by atoms with Gasteiger partial charge in [0.15, 0.2) is 0 Å². The molecule has 0 aliphatic carbocycles. The summed E-state index contributed by atoms with van der Waals surface area (Å²) in [5.74, 6) is 0. The largest absolute Gasteiger partial charge is 0.392 e. The molecule has 1 fully saturated rings. The zero-order chi connectivity index (χ0) is 15.7. The third-order valence-electron chi connectivity index (χ3n) is 3.73. The number of hydrogen-bond donors (Lipinski definition) is 2. The van der Waals surface area contributed by atoms with Gasteiger partial charge in [-0.3, -0.25) is 0 Å². The van der Waals surface area contributed by atoms with E-state index >= 15 is 0 Å². The van der Waals surface area contributed by atoms with E-state index in [1.165, 1.54) is 6.07 Å². The molecule has 1 aliphatic rings. The molecular weight excluding hydrogens is 358 g/mol. The van der Waals surface area contributed by atoms with E-state index in [-0.39, 0.29) is 11.5 Å². The molecule has 2 N–H and O–H groups in total. The maximum atomic E-state index is 12.7. The second-order valence-electron chi connectivity index (χ2n) is 5.66. The third-order valence-corrected chi connectivity index (χ3v) is 6.71. The van der Waals surface area contributed by atoms with Crippen LogP contribution in [0.2, 0.25) is 0 Å². The number of hydrogen-bond acceptors (Lipinski definition) is 4. The average molecular weight is 378 g/mol. The highest BCUT2D eigenvalue weighted by molar-refractivity contribution is 9.10. The molecule has 1 aliphatic heterocycles. The van der Waals surface area contributed by atoms with Gasteiger partial charge in [0.25, 0.3) is 0 Å². The van der Waals surface area contributed by atoms with Gasteiger partial charge in [0.05, 0.1) is 11.5 Å². The highest BCUT2D eigenvalue weighted by Crippen LogP contribution is 2.30. The van der Waals surface area contributed by atoms with Crippen molar-refractivity contribution in [2.75, 3.05) is 13.2 Å². The van der Waals surface area contributed by atoms with E-state index in [0.717, 1.165) is 5.56 Å². The zero-order valence-electron chi connectivity index (χ0n) is 12.1. The number of nitrogens with one attached hydrogen (secondary N) is 1. The van der Waals surface area contributed by atoms with Gasteiger partial charge in [-0.05, 0) is 59.8 Å². The summed E-state index contributed by atoms with van der Waals surface area (Å²) in [6.07, 6.45) is 1.28. The predicted molar refractivity (Wildman–Crippen MR) is 83.6 cm³/mol. The first-order valence-corrected chi connectivity index (χ1v) is 9.07. The van der Waals surface area contributed by atoms with Crippen LogP contribution in [0.15, 0.2) is 21.5 Å². The van der Waals surface area contributed by atoms with Crippen molar-refractivity contribution < 1.29 is 18.3 Å². The number of rotatable bonds is 4. The summed E-state index contributed by atoms with van der Waals surface area (Å²) in [6, 6.07) is 3.27. The van der Waals surface area contributed by atoms with Crippen molar-refractivity contribution in [1.29, 1.82) is 0 Å². The van der Waals surface area contributed by atoms with Crippen molar-refractivity contribution in [3.8, 4) is 0 Å². The molecule has 0 aromatic heterocycles. The van der Waals surface area contributed by atoms with Gasteiger partial charge >= 0.3 is 0 Å². The van der Waals surface area contributed by atoms with Crippen LogP contribution in [-0.2, 0) is 21.4 Å². The third kappa shape index (κ3) is 3.84. The van der Waals surface area contributed by atoms with Gasteiger partial charge in [0.1, 0.15) is 0 Å². The molecule has 21 heavy (non-hydrogen) atoms. The van der Waals surface area contributed by atoms with Gasteiger partial charge in [-0.2, -0.15) is 0 Å². The minimum atomic E-state index is -3.67. The minimum absolute atomic E-state index is 0.166. The highest BCUT2D eigenvalue weighted by atomic mass is 79.9. The lowest BCUT2D eigenvalue weighted by atomic mass is 9.94. The van der Waals surface area contributed by atoms with Crippen LogP contribution < -0.4 is 4.72 Å². The minimum Gasteiger partial charge on any atom is -0.392 e. The molecule has 0 unspecified atom stereocenters. The summed E-state index contributed by atoms with van der Waals surface area (Å²) in [6.45, 7) is 4.61. The Bertz CT molecular complexity index is 624. The smallest absolute Gasteiger partial charge is 0.242 e. The lowest BCUT2D eigenvalue weighted by Gasteiger charge is -2.34. The van der Waals surface area contributed by atoms with Gasteiger partial charge in [0, 0.05) is 23.2 Å². The molecule has 1 saturated heterocycles. The molecule has 1 aromatic rings. The molecule has 0 amide bonds. The van der Waals surface area contributed by atoms with Crippen LogP contribution in [0.1, 0.15) is 30.9 Å². The van der Waals surface area contributed by atoms with Crippen LogP contribution in [0.3, 0.4) is 0 Å². The number of aliphatic hydroxyl groups is 1. The molecule has 2 rings (SSSR count). The molecule has 0 saturated carbocycles. The van der Waals surface area contributed by atoms with Gasteiger partial charge in [-0.25, -0.2) is 13.1 Å². The summed E-state index contributed by atoms with van der Waals surface area (Å²) in [4.78, 5) is 0.166. The molecule has 1 heterocycles. The fourth-order valence-corrected chi connectivity index (χ4v) is 4.93. The summed E-state index contributed by atoms with van der Waals surface area (Å²) in [7, 11) is -3.67. The molecule has 7 heteroatoms. The number of halogens is 1. The number of ether oxygens (including phenoxy) is 1. The lowest BCUT2D eigenvalue weighted by molar-refractivity contribution is 0.0537. The van der Waals surface area contributed by atoms with Crippen molar-refractivity contribution in [2.24, 2.45) is 0 Å². The van der Waals surface area contributed by atoms with Crippen molar-refractivity contribution >= 4 is 26.0 Å². The monoisotopic (exact) mass is 377 g/mol. The Morgan fingerprint density at radius 3 is 2.57 bits per heavy atom. The Labute approximate surface area is 133 Å². The van der Waals surface area contributed by atoms with E-state index in [9.17, 15) is 13.5 Å². The molecule has 118 valence electrons. The maximum Gasteiger partial charge on any atom is 0.242 e. The van der Waals surface area contributed by atoms with E-state index in [4.69, 9.17) is 4.74 Å². The van der Waals surface area contributed by atoms with Crippen LogP contribution >= 0.6 is 15.9 Å². The van der Waals surface area contributed by atoms with Gasteiger partial charge < -0.3 is 9.84 Å². The Hall–Kier alpha value is -0.470. The van der Waals surface area contributed by atoms with E-state index in [2.05, 4.69) is 20.7 Å². The number of aliphatic hydroxyl groups excluding tert-OH is 1.